The highest BCUT2D eigenvalue weighted by molar-refractivity contribution is 7.92. The molecule has 21 heavy (non-hydrogen) atoms. The second-order valence-corrected chi connectivity index (χ2v) is 6.86. The summed E-state index contributed by atoms with van der Waals surface area (Å²) in [6.45, 7) is 1.84. The van der Waals surface area contributed by atoms with Crippen molar-refractivity contribution in [3.05, 3.63) is 52.0 Å². The molecule has 2 aromatic rings. The van der Waals surface area contributed by atoms with Gasteiger partial charge in [0.1, 0.15) is 5.75 Å². The molecule has 0 amide bonds. The van der Waals surface area contributed by atoms with Crippen LogP contribution in [0.2, 0.25) is 10.0 Å². The molecule has 2 rings (SSSR count). The van der Waals surface area contributed by atoms with Gasteiger partial charge in [-0.2, -0.15) is 0 Å². The van der Waals surface area contributed by atoms with E-state index >= 15 is 0 Å². The lowest BCUT2D eigenvalue weighted by atomic mass is 10.2. The average Bonchev–Trinajstić information content (AvgIpc) is 2.42. The molecule has 2 aromatic carbocycles. The molecule has 0 heterocycles. The quantitative estimate of drug-likeness (QED) is 0.906. The van der Waals surface area contributed by atoms with Crippen LogP contribution < -0.4 is 9.46 Å². The van der Waals surface area contributed by atoms with Gasteiger partial charge in [-0.25, -0.2) is 8.42 Å². The Bertz CT molecular complexity index is 776. The molecule has 0 fully saturated rings. The number of hydrogen-bond acceptors (Lipinski definition) is 3. The van der Waals surface area contributed by atoms with E-state index in [0.29, 0.717) is 16.5 Å². The Balaban J connectivity index is 2.33. The zero-order chi connectivity index (χ0) is 15.6. The molecule has 7 heteroatoms. The van der Waals surface area contributed by atoms with E-state index in [-0.39, 0.29) is 9.92 Å². The lowest BCUT2D eigenvalue weighted by Gasteiger charge is -2.10. The largest absolute Gasteiger partial charge is 0.495 e. The van der Waals surface area contributed by atoms with Crippen molar-refractivity contribution in [3.8, 4) is 5.75 Å². The van der Waals surface area contributed by atoms with Crippen molar-refractivity contribution in [2.45, 2.75) is 11.8 Å². The Kier molecular flexibility index (Phi) is 4.66. The second-order valence-electron chi connectivity index (χ2n) is 4.37. The van der Waals surface area contributed by atoms with E-state index < -0.39 is 10.0 Å². The Hall–Kier alpha value is -1.43. The maximum atomic E-state index is 12.3. The monoisotopic (exact) mass is 345 g/mol. The minimum atomic E-state index is -3.74. The summed E-state index contributed by atoms with van der Waals surface area (Å²) in [5.74, 6) is 0.411. The number of anilines is 1. The molecule has 4 nitrogen and oxygen atoms in total. The third-order valence-electron chi connectivity index (χ3n) is 2.86. The van der Waals surface area contributed by atoms with Crippen LogP contribution in [-0.4, -0.2) is 15.5 Å². The van der Waals surface area contributed by atoms with Crippen molar-refractivity contribution in [2.24, 2.45) is 0 Å². The molecule has 1 N–H and O–H groups in total. The van der Waals surface area contributed by atoms with Gasteiger partial charge in [-0.15, -0.1) is 0 Å². The molecular weight excluding hydrogens is 333 g/mol. The predicted molar refractivity (Wildman–Crippen MR) is 85.0 cm³/mol. The summed E-state index contributed by atoms with van der Waals surface area (Å²) in [7, 11) is -2.28. The van der Waals surface area contributed by atoms with E-state index in [1.165, 1.54) is 25.3 Å². The van der Waals surface area contributed by atoms with E-state index in [1.54, 1.807) is 18.2 Å². The maximum absolute atomic E-state index is 12.3. The number of ether oxygens (including phenoxy) is 1. The highest BCUT2D eigenvalue weighted by Gasteiger charge is 2.16. The molecule has 112 valence electrons. The van der Waals surface area contributed by atoms with Gasteiger partial charge in [-0.05, 0) is 42.8 Å². The number of sulfonamides is 1. The van der Waals surface area contributed by atoms with E-state index in [0.717, 1.165) is 5.56 Å². The molecule has 0 aliphatic heterocycles. The molecule has 0 unspecified atom stereocenters. The number of methoxy groups -OCH3 is 1. The van der Waals surface area contributed by atoms with Crippen LogP contribution in [0.1, 0.15) is 5.56 Å². The van der Waals surface area contributed by atoms with E-state index in [4.69, 9.17) is 27.9 Å². The van der Waals surface area contributed by atoms with Gasteiger partial charge in [0.05, 0.1) is 22.7 Å². The van der Waals surface area contributed by atoms with E-state index in [9.17, 15) is 8.42 Å². The summed E-state index contributed by atoms with van der Waals surface area (Å²) < 4.78 is 32.0. The molecule has 0 saturated carbocycles. The van der Waals surface area contributed by atoms with Crippen molar-refractivity contribution < 1.29 is 13.2 Å². The molecule has 0 aromatic heterocycles. The molecule has 0 aliphatic carbocycles. The van der Waals surface area contributed by atoms with Gasteiger partial charge in [-0.1, -0.05) is 29.3 Å². The minimum Gasteiger partial charge on any atom is -0.495 e. The summed E-state index contributed by atoms with van der Waals surface area (Å²) >= 11 is 11.9. The summed E-state index contributed by atoms with van der Waals surface area (Å²) in [4.78, 5) is 0.0463. The molecule has 0 radical (unpaired) electrons. The molecule has 0 saturated heterocycles. The predicted octanol–water partition coefficient (Wildman–Crippen LogP) is 4.11. The SMILES string of the molecule is COc1ccc(S(=O)(=O)Nc2ccc(C)c(Cl)c2)cc1Cl. The smallest absolute Gasteiger partial charge is 0.261 e. The van der Waals surface area contributed by atoms with Crippen LogP contribution >= 0.6 is 23.2 Å². The summed E-state index contributed by atoms with van der Waals surface area (Å²) in [5, 5.41) is 0.713. The molecule has 0 bridgehead atoms. The van der Waals surface area contributed by atoms with E-state index in [1.807, 2.05) is 6.92 Å². The van der Waals surface area contributed by atoms with Crippen LogP contribution in [0.25, 0.3) is 0 Å². The fourth-order valence-electron chi connectivity index (χ4n) is 1.68. The van der Waals surface area contributed by atoms with E-state index in [2.05, 4.69) is 4.72 Å². The molecule has 0 aliphatic rings. The van der Waals surface area contributed by atoms with Crippen LogP contribution in [0, 0.1) is 6.92 Å². The number of hydrogen-bond donors (Lipinski definition) is 1. The van der Waals surface area contributed by atoms with Crippen molar-refractivity contribution >= 4 is 38.9 Å². The number of nitrogens with one attached hydrogen (secondary N) is 1. The first-order chi connectivity index (χ1) is 9.83. The number of aryl methyl sites for hydroxylation is 1. The van der Waals surface area contributed by atoms with Crippen LogP contribution in [0.5, 0.6) is 5.75 Å². The van der Waals surface area contributed by atoms with Crippen LogP contribution in [0.4, 0.5) is 5.69 Å². The van der Waals surface area contributed by atoms with Gasteiger partial charge in [0, 0.05) is 5.02 Å². The molecular formula is C14H13Cl2NO3S. The van der Waals surface area contributed by atoms with Crippen molar-refractivity contribution in [1.29, 1.82) is 0 Å². The van der Waals surface area contributed by atoms with Crippen LogP contribution in [0.15, 0.2) is 41.3 Å². The van der Waals surface area contributed by atoms with Gasteiger partial charge in [0.25, 0.3) is 10.0 Å². The second kappa shape index (κ2) is 6.13. The zero-order valence-corrected chi connectivity index (χ0v) is 13.7. The van der Waals surface area contributed by atoms with Crippen molar-refractivity contribution in [2.75, 3.05) is 11.8 Å². The first kappa shape index (κ1) is 15.9. The first-order valence-electron chi connectivity index (χ1n) is 5.96. The number of benzene rings is 2. The van der Waals surface area contributed by atoms with Crippen molar-refractivity contribution in [1.82, 2.24) is 0 Å². The molecule has 0 spiro atoms. The van der Waals surface area contributed by atoms with Gasteiger partial charge in [0.15, 0.2) is 0 Å². The average molecular weight is 346 g/mol. The van der Waals surface area contributed by atoms with Gasteiger partial charge in [-0.3, -0.25) is 4.72 Å². The van der Waals surface area contributed by atoms with Crippen molar-refractivity contribution in [3.63, 3.8) is 0 Å². The number of halogens is 2. The summed E-state index contributed by atoms with van der Waals surface area (Å²) in [5.41, 5.74) is 1.25. The summed E-state index contributed by atoms with van der Waals surface area (Å²) in [6, 6.07) is 9.19. The van der Waals surface area contributed by atoms with Crippen LogP contribution in [-0.2, 0) is 10.0 Å². The molecule has 0 atom stereocenters. The lowest BCUT2D eigenvalue weighted by molar-refractivity contribution is 0.414. The van der Waals surface area contributed by atoms with Gasteiger partial charge >= 0.3 is 0 Å². The van der Waals surface area contributed by atoms with Gasteiger partial charge < -0.3 is 4.74 Å². The summed E-state index contributed by atoms with van der Waals surface area (Å²) in [6.07, 6.45) is 0. The fourth-order valence-corrected chi connectivity index (χ4v) is 3.26. The Morgan fingerprint density at radius 2 is 1.76 bits per heavy atom. The topological polar surface area (TPSA) is 55.4 Å². The minimum absolute atomic E-state index is 0.0463. The highest BCUT2D eigenvalue weighted by atomic mass is 35.5. The third-order valence-corrected chi connectivity index (χ3v) is 4.94. The van der Waals surface area contributed by atoms with Gasteiger partial charge in [0.2, 0.25) is 0 Å². The fraction of sp³-hybridized carbons (Fsp3) is 0.143. The standard InChI is InChI=1S/C14H13Cl2NO3S/c1-9-3-4-10(7-12(9)15)17-21(18,19)11-5-6-14(20-2)13(16)8-11/h3-8,17H,1-2H3. The number of rotatable bonds is 4. The highest BCUT2D eigenvalue weighted by Crippen LogP contribution is 2.28. The Labute approximate surface area is 133 Å². The maximum Gasteiger partial charge on any atom is 0.261 e. The lowest BCUT2D eigenvalue weighted by Crippen LogP contribution is -2.13. The third kappa shape index (κ3) is 3.61. The first-order valence-corrected chi connectivity index (χ1v) is 8.20. The normalized spacial score (nSPS) is 11.2. The Morgan fingerprint density at radius 3 is 2.33 bits per heavy atom. The van der Waals surface area contributed by atoms with Crippen LogP contribution in [0.3, 0.4) is 0 Å². The zero-order valence-electron chi connectivity index (χ0n) is 11.4. The Morgan fingerprint density at radius 1 is 1.05 bits per heavy atom.